The Bertz CT molecular complexity index is 770. The Morgan fingerprint density at radius 1 is 1.00 bits per heavy atom. The van der Waals surface area contributed by atoms with E-state index < -0.39 is 6.61 Å². The molecule has 0 bridgehead atoms. The molecule has 0 atom stereocenters. The quantitative estimate of drug-likeness (QED) is 0.586. The van der Waals surface area contributed by atoms with Crippen LogP contribution >= 0.6 is 15.9 Å². The van der Waals surface area contributed by atoms with Crippen molar-refractivity contribution in [1.29, 1.82) is 0 Å². The molecule has 2 aromatic carbocycles. The number of hydrogen-bond acceptors (Lipinski definition) is 3. The maximum Gasteiger partial charge on any atom is 0.387 e. The molecule has 0 saturated carbocycles. The van der Waals surface area contributed by atoms with Gasteiger partial charge in [-0.05, 0) is 36.8 Å². The Morgan fingerprint density at radius 2 is 1.67 bits per heavy atom. The summed E-state index contributed by atoms with van der Waals surface area (Å²) in [6, 6.07) is 13.2. The van der Waals surface area contributed by atoms with Crippen molar-refractivity contribution < 1.29 is 23.1 Å². The van der Waals surface area contributed by atoms with Crippen LogP contribution in [0, 0.1) is 0 Å². The van der Waals surface area contributed by atoms with Gasteiger partial charge in [0.2, 0.25) is 5.91 Å². The van der Waals surface area contributed by atoms with Crippen molar-refractivity contribution in [3.8, 4) is 5.75 Å². The third-order valence-electron chi connectivity index (χ3n) is 3.61. The Kier molecular flexibility index (Phi) is 8.19. The molecule has 0 unspecified atom stereocenters. The summed E-state index contributed by atoms with van der Waals surface area (Å²) in [6.07, 6.45) is 0.483. The maximum atomic E-state index is 12.4. The molecule has 0 radical (unpaired) electrons. The first-order valence-electron chi connectivity index (χ1n) is 8.29. The van der Waals surface area contributed by atoms with Crippen molar-refractivity contribution in [3.63, 3.8) is 0 Å². The third-order valence-corrected chi connectivity index (χ3v) is 4.14. The first kappa shape index (κ1) is 20.8. The van der Waals surface area contributed by atoms with Crippen LogP contribution in [0.25, 0.3) is 0 Å². The fourth-order valence-corrected chi connectivity index (χ4v) is 2.58. The van der Waals surface area contributed by atoms with Crippen LogP contribution in [0.2, 0.25) is 0 Å². The lowest BCUT2D eigenvalue weighted by atomic mass is 10.1. The molecule has 0 aliphatic carbocycles. The topological polar surface area (TPSA) is 67.4 Å². The van der Waals surface area contributed by atoms with Crippen LogP contribution in [0.5, 0.6) is 5.75 Å². The molecule has 0 heterocycles. The van der Waals surface area contributed by atoms with Gasteiger partial charge in [0.25, 0.3) is 5.91 Å². The molecule has 27 heavy (non-hydrogen) atoms. The van der Waals surface area contributed by atoms with E-state index in [0.29, 0.717) is 30.6 Å². The van der Waals surface area contributed by atoms with Gasteiger partial charge in [-0.2, -0.15) is 8.78 Å². The molecule has 0 saturated heterocycles. The average Bonchev–Trinajstić information content (AvgIpc) is 2.63. The molecule has 5 nitrogen and oxygen atoms in total. The number of ether oxygens (including phenoxy) is 1. The zero-order chi connectivity index (χ0) is 19.6. The van der Waals surface area contributed by atoms with E-state index in [9.17, 15) is 18.4 Å². The lowest BCUT2D eigenvalue weighted by Crippen LogP contribution is -2.30. The van der Waals surface area contributed by atoms with Crippen LogP contribution in [0.15, 0.2) is 53.0 Å². The van der Waals surface area contributed by atoms with Gasteiger partial charge in [0.15, 0.2) is 0 Å². The fraction of sp³-hybridized carbons (Fsp3) is 0.263. The fourth-order valence-electron chi connectivity index (χ4n) is 2.32. The van der Waals surface area contributed by atoms with Crippen molar-refractivity contribution >= 4 is 27.7 Å². The molecule has 8 heteroatoms. The molecule has 0 spiro atoms. The highest BCUT2D eigenvalue weighted by molar-refractivity contribution is 9.10. The van der Waals surface area contributed by atoms with Crippen LogP contribution in [-0.2, 0) is 11.2 Å². The summed E-state index contributed by atoms with van der Waals surface area (Å²) in [6.45, 7) is -2.18. The zero-order valence-corrected chi connectivity index (χ0v) is 16.0. The SMILES string of the molecule is O=C(Cc1ccccc1OC(F)F)NCCCNC(=O)c1ccc(Br)cc1. The standard InChI is InChI=1S/C19H19BrF2N2O3/c20-15-8-6-13(7-9-15)18(26)24-11-3-10-23-17(25)12-14-4-1-2-5-16(14)27-19(21)22/h1-2,4-9,19H,3,10-12H2,(H,23,25)(H,24,26). The van der Waals surface area contributed by atoms with Crippen LogP contribution in [-0.4, -0.2) is 31.5 Å². The number of rotatable bonds is 9. The van der Waals surface area contributed by atoms with E-state index in [1.807, 2.05) is 0 Å². The van der Waals surface area contributed by atoms with Crippen LogP contribution in [0.4, 0.5) is 8.78 Å². The minimum atomic E-state index is -2.94. The summed E-state index contributed by atoms with van der Waals surface area (Å²) in [7, 11) is 0. The highest BCUT2D eigenvalue weighted by Crippen LogP contribution is 2.20. The van der Waals surface area contributed by atoms with E-state index in [-0.39, 0.29) is 24.0 Å². The van der Waals surface area contributed by atoms with Crippen LogP contribution in [0.1, 0.15) is 22.3 Å². The summed E-state index contributed by atoms with van der Waals surface area (Å²) in [5, 5.41) is 5.46. The molecule has 2 N–H and O–H groups in total. The third kappa shape index (κ3) is 7.34. The van der Waals surface area contributed by atoms with E-state index in [1.165, 1.54) is 6.07 Å². The molecular formula is C19H19BrF2N2O3. The predicted molar refractivity (Wildman–Crippen MR) is 101 cm³/mol. The molecule has 0 aromatic heterocycles. The van der Waals surface area contributed by atoms with E-state index in [0.717, 1.165) is 4.47 Å². The van der Waals surface area contributed by atoms with Gasteiger partial charge < -0.3 is 15.4 Å². The molecule has 2 amide bonds. The van der Waals surface area contributed by atoms with Gasteiger partial charge in [-0.3, -0.25) is 9.59 Å². The number of benzene rings is 2. The molecule has 0 fully saturated rings. The van der Waals surface area contributed by atoms with Gasteiger partial charge in [-0.25, -0.2) is 0 Å². The molecule has 0 aliphatic heterocycles. The van der Waals surface area contributed by atoms with Gasteiger partial charge in [0.05, 0.1) is 6.42 Å². The Balaban J connectivity index is 1.69. The Labute approximate surface area is 164 Å². The number of carbonyl (C=O) groups excluding carboxylic acids is 2. The number of hydrogen-bond donors (Lipinski definition) is 2. The number of alkyl halides is 2. The lowest BCUT2D eigenvalue weighted by molar-refractivity contribution is -0.120. The second kappa shape index (κ2) is 10.6. The summed E-state index contributed by atoms with van der Waals surface area (Å²) < 4.78 is 30.0. The smallest absolute Gasteiger partial charge is 0.387 e. The largest absolute Gasteiger partial charge is 0.435 e. The Morgan fingerprint density at radius 3 is 2.37 bits per heavy atom. The van der Waals surface area contributed by atoms with Crippen molar-refractivity contribution in [1.82, 2.24) is 10.6 Å². The molecule has 2 rings (SSSR count). The number of nitrogens with one attached hydrogen (secondary N) is 2. The number of halogens is 3. The monoisotopic (exact) mass is 440 g/mol. The van der Waals surface area contributed by atoms with Gasteiger partial charge in [0.1, 0.15) is 5.75 Å². The first-order chi connectivity index (χ1) is 13.0. The average molecular weight is 441 g/mol. The van der Waals surface area contributed by atoms with Gasteiger partial charge in [-0.15, -0.1) is 0 Å². The summed E-state index contributed by atoms with van der Waals surface area (Å²) >= 11 is 3.30. The Hall–Kier alpha value is -2.48. The molecule has 0 aliphatic rings. The predicted octanol–water partition coefficient (Wildman–Crippen LogP) is 3.53. The van der Waals surface area contributed by atoms with E-state index in [1.54, 1.807) is 42.5 Å². The number of para-hydroxylation sites is 1. The highest BCUT2D eigenvalue weighted by Gasteiger charge is 2.12. The molecule has 144 valence electrons. The minimum absolute atomic E-state index is 0.00980. The molecule has 2 aromatic rings. The normalized spacial score (nSPS) is 10.5. The van der Waals surface area contributed by atoms with Gasteiger partial charge >= 0.3 is 6.61 Å². The zero-order valence-electron chi connectivity index (χ0n) is 14.4. The number of carbonyl (C=O) groups is 2. The maximum absolute atomic E-state index is 12.4. The first-order valence-corrected chi connectivity index (χ1v) is 9.08. The van der Waals surface area contributed by atoms with E-state index in [4.69, 9.17) is 0 Å². The summed E-state index contributed by atoms with van der Waals surface area (Å²) in [5.74, 6) is -0.504. The second-order valence-corrected chi connectivity index (χ2v) is 6.54. The van der Waals surface area contributed by atoms with Crippen LogP contribution < -0.4 is 15.4 Å². The summed E-state index contributed by atoms with van der Waals surface area (Å²) in [5.41, 5.74) is 0.941. The van der Waals surface area contributed by atoms with E-state index >= 15 is 0 Å². The summed E-state index contributed by atoms with van der Waals surface area (Å²) in [4.78, 5) is 23.9. The second-order valence-electron chi connectivity index (χ2n) is 5.63. The van der Waals surface area contributed by atoms with Gasteiger partial charge in [-0.1, -0.05) is 34.1 Å². The van der Waals surface area contributed by atoms with Crippen molar-refractivity contribution in [2.75, 3.05) is 13.1 Å². The van der Waals surface area contributed by atoms with Crippen LogP contribution in [0.3, 0.4) is 0 Å². The van der Waals surface area contributed by atoms with E-state index in [2.05, 4.69) is 31.3 Å². The van der Waals surface area contributed by atoms with Gasteiger partial charge in [0, 0.05) is 28.7 Å². The lowest BCUT2D eigenvalue weighted by Gasteiger charge is -2.11. The van der Waals surface area contributed by atoms with Crippen molar-refractivity contribution in [2.24, 2.45) is 0 Å². The molecular weight excluding hydrogens is 422 g/mol. The highest BCUT2D eigenvalue weighted by atomic mass is 79.9. The minimum Gasteiger partial charge on any atom is -0.435 e. The van der Waals surface area contributed by atoms with Crippen molar-refractivity contribution in [3.05, 3.63) is 64.1 Å². The number of amides is 2. The van der Waals surface area contributed by atoms with Crippen molar-refractivity contribution in [2.45, 2.75) is 19.5 Å².